The number of hydrogen-bond donors (Lipinski definition) is 2. The van der Waals surface area contributed by atoms with Gasteiger partial charge >= 0.3 is 11.9 Å². The zero-order valence-corrected chi connectivity index (χ0v) is 13.1. The number of benzene rings is 1. The zero-order valence-electron chi connectivity index (χ0n) is 13.1. The summed E-state index contributed by atoms with van der Waals surface area (Å²) in [7, 11) is 1.33. The number of methoxy groups -OCH3 is 1. The van der Waals surface area contributed by atoms with Gasteiger partial charge in [0, 0.05) is 12.1 Å². The molecule has 0 unspecified atom stereocenters. The monoisotopic (exact) mass is 317 g/mol. The number of rotatable bonds is 7. The van der Waals surface area contributed by atoms with Crippen LogP contribution in [-0.4, -0.2) is 24.2 Å². The van der Waals surface area contributed by atoms with E-state index < -0.39 is 11.9 Å². The summed E-state index contributed by atoms with van der Waals surface area (Å²) in [4.78, 5) is 22.2. The van der Waals surface area contributed by atoms with Crippen molar-refractivity contribution < 1.29 is 23.8 Å². The normalized spacial score (nSPS) is 10.3. The molecule has 0 aliphatic rings. The molecule has 0 saturated heterocycles. The first-order valence-electron chi connectivity index (χ1n) is 7.22. The highest BCUT2D eigenvalue weighted by Gasteiger charge is 2.15. The van der Waals surface area contributed by atoms with E-state index in [1.54, 1.807) is 13.0 Å². The summed E-state index contributed by atoms with van der Waals surface area (Å²) in [6, 6.07) is 9.21. The number of anilines is 1. The second kappa shape index (κ2) is 7.49. The Morgan fingerprint density at radius 2 is 2.09 bits per heavy atom. The number of aryl methyl sites for hydroxylation is 2. The van der Waals surface area contributed by atoms with Crippen LogP contribution in [0.25, 0.3) is 0 Å². The fourth-order valence-electron chi connectivity index (χ4n) is 2.22. The van der Waals surface area contributed by atoms with Gasteiger partial charge < -0.3 is 19.6 Å². The molecule has 122 valence electrons. The van der Waals surface area contributed by atoms with Crippen molar-refractivity contribution >= 4 is 17.6 Å². The van der Waals surface area contributed by atoms with Gasteiger partial charge in [-0.2, -0.15) is 0 Å². The highest BCUT2D eigenvalue weighted by molar-refractivity contribution is 5.90. The first-order valence-corrected chi connectivity index (χ1v) is 7.22. The summed E-state index contributed by atoms with van der Waals surface area (Å²) >= 11 is 0. The lowest BCUT2D eigenvalue weighted by Gasteiger charge is -2.06. The number of esters is 1. The molecular formula is C17H19NO5. The van der Waals surface area contributed by atoms with Gasteiger partial charge in [0.1, 0.15) is 17.1 Å². The van der Waals surface area contributed by atoms with Crippen LogP contribution in [0, 0.1) is 6.92 Å². The molecule has 0 aliphatic heterocycles. The van der Waals surface area contributed by atoms with Crippen LogP contribution in [0.5, 0.6) is 0 Å². The molecule has 0 bridgehead atoms. The predicted molar refractivity (Wildman–Crippen MR) is 84.5 cm³/mol. The smallest absolute Gasteiger partial charge is 0.341 e. The molecular weight excluding hydrogens is 298 g/mol. The lowest BCUT2D eigenvalue weighted by Crippen LogP contribution is -2.01. The van der Waals surface area contributed by atoms with E-state index in [-0.39, 0.29) is 6.42 Å². The van der Waals surface area contributed by atoms with Gasteiger partial charge in [-0.05, 0) is 37.1 Å². The molecule has 6 heteroatoms. The van der Waals surface area contributed by atoms with Gasteiger partial charge in [-0.3, -0.25) is 4.79 Å². The first kappa shape index (κ1) is 16.6. The van der Waals surface area contributed by atoms with Crippen molar-refractivity contribution in [2.45, 2.75) is 26.3 Å². The molecule has 0 saturated carbocycles. The largest absolute Gasteiger partial charge is 0.481 e. The highest BCUT2D eigenvalue weighted by Crippen LogP contribution is 2.18. The van der Waals surface area contributed by atoms with Crippen LogP contribution in [0.2, 0.25) is 0 Å². The summed E-state index contributed by atoms with van der Waals surface area (Å²) in [5, 5.41) is 11.9. The summed E-state index contributed by atoms with van der Waals surface area (Å²) in [6.45, 7) is 2.13. The van der Waals surface area contributed by atoms with Crippen LogP contribution in [0.3, 0.4) is 0 Å². The Kier molecular flexibility index (Phi) is 5.41. The Bertz CT molecular complexity index is 705. The number of carboxylic acids is 1. The molecule has 0 fully saturated rings. The van der Waals surface area contributed by atoms with Crippen molar-refractivity contribution in [1.29, 1.82) is 0 Å². The molecule has 0 radical (unpaired) electrons. The van der Waals surface area contributed by atoms with Crippen molar-refractivity contribution in [2.24, 2.45) is 0 Å². The summed E-state index contributed by atoms with van der Waals surface area (Å²) in [5.74, 6) is -0.0966. The third-order valence-corrected chi connectivity index (χ3v) is 3.40. The minimum absolute atomic E-state index is 0.101. The van der Waals surface area contributed by atoms with E-state index in [0.717, 1.165) is 11.3 Å². The maximum absolute atomic E-state index is 11.5. The third kappa shape index (κ3) is 4.60. The van der Waals surface area contributed by atoms with Crippen molar-refractivity contribution in [3.05, 3.63) is 53.0 Å². The molecule has 0 atom stereocenters. The molecule has 0 aliphatic carbocycles. The number of hydrogen-bond acceptors (Lipinski definition) is 5. The fraction of sp³-hybridized carbons (Fsp3) is 0.294. The van der Waals surface area contributed by atoms with Gasteiger partial charge in [0.25, 0.3) is 0 Å². The second-order valence-corrected chi connectivity index (χ2v) is 5.12. The van der Waals surface area contributed by atoms with E-state index >= 15 is 0 Å². The standard InChI is InChI=1S/C17H19NO5/c1-11-15(17(21)22-2)9-14(23-11)10-18-13-5-3-4-12(8-13)6-7-16(19)20/h3-5,8-9,18H,6-7,10H2,1-2H3,(H,19,20). The number of furan rings is 1. The highest BCUT2D eigenvalue weighted by atomic mass is 16.5. The van der Waals surface area contributed by atoms with Crippen molar-refractivity contribution in [2.75, 3.05) is 12.4 Å². The Hall–Kier alpha value is -2.76. The van der Waals surface area contributed by atoms with E-state index in [9.17, 15) is 9.59 Å². The van der Waals surface area contributed by atoms with Crippen LogP contribution in [0.4, 0.5) is 5.69 Å². The topological polar surface area (TPSA) is 88.8 Å². The third-order valence-electron chi connectivity index (χ3n) is 3.40. The summed E-state index contributed by atoms with van der Waals surface area (Å²) < 4.78 is 10.2. The van der Waals surface area contributed by atoms with Crippen LogP contribution in [0.15, 0.2) is 34.7 Å². The quantitative estimate of drug-likeness (QED) is 0.763. The predicted octanol–water partition coefficient (Wildman–Crippen LogP) is 3.00. The molecule has 1 heterocycles. The number of carboxylic acid groups (broad SMARTS) is 1. The average molecular weight is 317 g/mol. The minimum Gasteiger partial charge on any atom is -0.481 e. The van der Waals surface area contributed by atoms with Crippen LogP contribution in [-0.2, 0) is 22.5 Å². The van der Waals surface area contributed by atoms with Gasteiger partial charge in [-0.1, -0.05) is 12.1 Å². The Morgan fingerprint density at radius 1 is 1.30 bits per heavy atom. The maximum atomic E-state index is 11.5. The summed E-state index contributed by atoms with van der Waals surface area (Å²) in [6.07, 6.45) is 0.584. The zero-order chi connectivity index (χ0) is 16.8. The Balaban J connectivity index is 1.99. The van der Waals surface area contributed by atoms with Crippen molar-refractivity contribution in [3.8, 4) is 0 Å². The number of ether oxygens (including phenoxy) is 1. The average Bonchev–Trinajstić information content (AvgIpc) is 2.91. The summed E-state index contributed by atoms with van der Waals surface area (Å²) in [5.41, 5.74) is 2.23. The van der Waals surface area contributed by atoms with E-state index in [1.807, 2.05) is 24.3 Å². The molecule has 0 amide bonds. The maximum Gasteiger partial charge on any atom is 0.341 e. The SMILES string of the molecule is COC(=O)c1cc(CNc2cccc(CCC(=O)O)c2)oc1C. The van der Waals surface area contributed by atoms with Crippen LogP contribution >= 0.6 is 0 Å². The number of nitrogens with one attached hydrogen (secondary N) is 1. The number of aliphatic carboxylic acids is 1. The molecule has 6 nitrogen and oxygen atoms in total. The first-order chi connectivity index (χ1) is 11.0. The van der Waals surface area contributed by atoms with Gasteiger partial charge in [-0.15, -0.1) is 0 Å². The Morgan fingerprint density at radius 3 is 2.78 bits per heavy atom. The molecule has 23 heavy (non-hydrogen) atoms. The molecule has 1 aromatic carbocycles. The van der Waals surface area contributed by atoms with Crippen LogP contribution in [0.1, 0.15) is 33.9 Å². The van der Waals surface area contributed by atoms with Gasteiger partial charge in [0.05, 0.1) is 13.7 Å². The molecule has 2 N–H and O–H groups in total. The van der Waals surface area contributed by atoms with Gasteiger partial charge in [0.15, 0.2) is 0 Å². The molecule has 2 aromatic rings. The Labute approximate surface area is 134 Å². The second-order valence-electron chi connectivity index (χ2n) is 5.12. The lowest BCUT2D eigenvalue weighted by atomic mass is 10.1. The van der Waals surface area contributed by atoms with Gasteiger partial charge in [-0.25, -0.2) is 4.79 Å². The fourth-order valence-corrected chi connectivity index (χ4v) is 2.22. The van der Waals surface area contributed by atoms with E-state index in [4.69, 9.17) is 9.52 Å². The van der Waals surface area contributed by atoms with E-state index in [1.165, 1.54) is 7.11 Å². The lowest BCUT2D eigenvalue weighted by molar-refractivity contribution is -0.136. The van der Waals surface area contributed by atoms with Crippen molar-refractivity contribution in [3.63, 3.8) is 0 Å². The van der Waals surface area contributed by atoms with Crippen molar-refractivity contribution in [1.82, 2.24) is 0 Å². The van der Waals surface area contributed by atoms with Crippen LogP contribution < -0.4 is 5.32 Å². The molecule has 2 rings (SSSR count). The number of carbonyl (C=O) groups excluding carboxylic acids is 1. The van der Waals surface area contributed by atoms with Gasteiger partial charge in [0.2, 0.25) is 0 Å². The van der Waals surface area contributed by atoms with E-state index in [2.05, 4.69) is 10.1 Å². The minimum atomic E-state index is -0.815. The number of carbonyl (C=O) groups is 2. The molecule has 0 spiro atoms. The van der Waals surface area contributed by atoms with E-state index in [0.29, 0.717) is 30.0 Å². The molecule has 1 aromatic heterocycles.